The molecule has 1 atom stereocenters. The van der Waals surface area contributed by atoms with Crippen LogP contribution in [0.3, 0.4) is 0 Å². The molecule has 0 radical (unpaired) electrons. The van der Waals surface area contributed by atoms with Crippen LogP contribution in [0.1, 0.15) is 48.8 Å². The van der Waals surface area contributed by atoms with Gasteiger partial charge in [0, 0.05) is 12.0 Å². The second kappa shape index (κ2) is 8.81. The lowest BCUT2D eigenvalue weighted by atomic mass is 9.97. The van der Waals surface area contributed by atoms with Gasteiger partial charge in [-0.2, -0.15) is 13.2 Å². The Bertz CT molecular complexity index is 694. The Labute approximate surface area is 152 Å². The van der Waals surface area contributed by atoms with Crippen LogP contribution in [0.15, 0.2) is 30.4 Å². The molecule has 0 bridgehead atoms. The molecule has 1 unspecified atom stereocenters. The molecule has 2 rings (SSSR count). The average Bonchev–Trinajstić information content (AvgIpc) is 2.55. The van der Waals surface area contributed by atoms with Gasteiger partial charge in [-0.15, -0.1) is 0 Å². The molecule has 0 aromatic heterocycles. The largest absolute Gasteiger partial charge is 0.459 e. The maximum atomic E-state index is 13.2. The van der Waals surface area contributed by atoms with Gasteiger partial charge in [0.05, 0.1) is 11.3 Å². The van der Waals surface area contributed by atoms with E-state index in [4.69, 9.17) is 9.29 Å². The smallest absolute Gasteiger partial charge is 0.416 e. The van der Waals surface area contributed by atoms with E-state index in [9.17, 15) is 22.2 Å². The number of hydrogen-bond donors (Lipinski definition) is 1. The number of carbonyl (C=O) groups excluding carboxylic acids is 1. The molecular weight excluding hydrogens is 369 g/mol. The van der Waals surface area contributed by atoms with Gasteiger partial charge in [-0.25, -0.2) is 9.00 Å². The molecule has 4 nitrogen and oxygen atoms in total. The van der Waals surface area contributed by atoms with Crippen molar-refractivity contribution in [2.75, 3.05) is 0 Å². The predicted molar refractivity (Wildman–Crippen MR) is 91.7 cm³/mol. The summed E-state index contributed by atoms with van der Waals surface area (Å²) in [4.78, 5) is 12.1. The summed E-state index contributed by atoms with van der Waals surface area (Å²) < 4.78 is 64.7. The van der Waals surface area contributed by atoms with Gasteiger partial charge in [0.1, 0.15) is 6.10 Å². The second-order valence-electron chi connectivity index (χ2n) is 6.40. The van der Waals surface area contributed by atoms with Gasteiger partial charge in [0.25, 0.3) is 0 Å². The van der Waals surface area contributed by atoms with E-state index in [2.05, 4.69) is 6.58 Å². The molecule has 1 aromatic rings. The molecule has 1 fully saturated rings. The van der Waals surface area contributed by atoms with Gasteiger partial charge in [-0.05, 0) is 42.9 Å². The van der Waals surface area contributed by atoms with Crippen LogP contribution >= 0.6 is 0 Å². The Morgan fingerprint density at radius 2 is 1.92 bits per heavy atom. The summed E-state index contributed by atoms with van der Waals surface area (Å²) in [5.74, 6) is -1.20. The van der Waals surface area contributed by atoms with Crippen LogP contribution in [-0.2, 0) is 39.0 Å². The molecular formula is C18H21F3O4S. The SMILES string of the molecule is C=C(Cc1ccc(CS(=O)O)c(C(F)(F)F)c1)C(=O)OC1CCCCC1. The van der Waals surface area contributed by atoms with E-state index < -0.39 is 34.5 Å². The average molecular weight is 390 g/mol. The van der Waals surface area contributed by atoms with Crippen molar-refractivity contribution in [2.24, 2.45) is 0 Å². The molecule has 0 amide bonds. The van der Waals surface area contributed by atoms with Gasteiger partial charge in [0.15, 0.2) is 11.1 Å². The number of esters is 1. The van der Waals surface area contributed by atoms with E-state index in [1.807, 2.05) is 0 Å². The van der Waals surface area contributed by atoms with Crippen LogP contribution in [0.4, 0.5) is 13.2 Å². The molecule has 0 heterocycles. The third kappa shape index (κ3) is 5.95. The topological polar surface area (TPSA) is 63.6 Å². The van der Waals surface area contributed by atoms with Gasteiger partial charge in [-0.1, -0.05) is 25.1 Å². The van der Waals surface area contributed by atoms with Crippen LogP contribution in [0.2, 0.25) is 0 Å². The van der Waals surface area contributed by atoms with Crippen LogP contribution in [-0.4, -0.2) is 20.8 Å². The minimum Gasteiger partial charge on any atom is -0.459 e. The first-order valence-electron chi connectivity index (χ1n) is 8.32. The molecule has 0 spiro atoms. The van der Waals surface area contributed by atoms with Crippen molar-refractivity contribution in [1.29, 1.82) is 0 Å². The number of carbonyl (C=O) groups is 1. The lowest BCUT2D eigenvalue weighted by Gasteiger charge is -2.22. The first-order chi connectivity index (χ1) is 12.2. The van der Waals surface area contributed by atoms with E-state index in [-0.39, 0.29) is 29.2 Å². The molecule has 26 heavy (non-hydrogen) atoms. The highest BCUT2D eigenvalue weighted by atomic mass is 32.2. The van der Waals surface area contributed by atoms with Crippen molar-refractivity contribution in [3.05, 3.63) is 47.0 Å². The van der Waals surface area contributed by atoms with Crippen molar-refractivity contribution in [2.45, 2.75) is 56.6 Å². The minimum absolute atomic E-state index is 0.0723. The number of ether oxygens (including phenoxy) is 1. The number of hydrogen-bond acceptors (Lipinski definition) is 3. The molecule has 1 N–H and O–H groups in total. The molecule has 1 aliphatic rings. The maximum Gasteiger partial charge on any atom is 0.416 e. The maximum absolute atomic E-state index is 13.2. The van der Waals surface area contributed by atoms with Crippen molar-refractivity contribution < 1.29 is 31.5 Å². The van der Waals surface area contributed by atoms with Gasteiger partial charge < -0.3 is 9.29 Å². The quantitative estimate of drug-likeness (QED) is 0.444. The van der Waals surface area contributed by atoms with Crippen LogP contribution < -0.4 is 0 Å². The summed E-state index contributed by atoms with van der Waals surface area (Å²) in [6, 6.07) is 3.45. The zero-order valence-electron chi connectivity index (χ0n) is 14.2. The molecule has 1 aliphatic carbocycles. The van der Waals surface area contributed by atoms with Crippen molar-refractivity contribution in [3.8, 4) is 0 Å². The highest BCUT2D eigenvalue weighted by Gasteiger charge is 2.34. The van der Waals surface area contributed by atoms with Gasteiger partial charge in [-0.3, -0.25) is 0 Å². The Hall–Kier alpha value is -1.67. The molecule has 1 aromatic carbocycles. The fraction of sp³-hybridized carbons (Fsp3) is 0.500. The Morgan fingerprint density at radius 1 is 1.27 bits per heavy atom. The monoisotopic (exact) mass is 390 g/mol. The molecule has 144 valence electrons. The summed E-state index contributed by atoms with van der Waals surface area (Å²) >= 11 is -2.38. The third-order valence-electron chi connectivity index (χ3n) is 4.29. The molecule has 0 aliphatic heterocycles. The van der Waals surface area contributed by atoms with Crippen LogP contribution in [0.5, 0.6) is 0 Å². The highest BCUT2D eigenvalue weighted by molar-refractivity contribution is 7.78. The van der Waals surface area contributed by atoms with E-state index >= 15 is 0 Å². The zero-order chi connectivity index (χ0) is 19.3. The summed E-state index contributed by atoms with van der Waals surface area (Å²) in [6.07, 6.45) is -0.193. The number of alkyl halides is 3. The van der Waals surface area contributed by atoms with Crippen molar-refractivity contribution in [3.63, 3.8) is 0 Å². The first kappa shape index (κ1) is 20.6. The number of halogens is 3. The lowest BCUT2D eigenvalue weighted by molar-refractivity contribution is -0.145. The fourth-order valence-corrected chi connectivity index (χ4v) is 3.51. The molecule has 0 saturated heterocycles. The van der Waals surface area contributed by atoms with Crippen LogP contribution in [0.25, 0.3) is 0 Å². The third-order valence-corrected chi connectivity index (χ3v) is 4.85. The number of rotatable bonds is 6. The van der Waals surface area contributed by atoms with E-state index in [0.717, 1.165) is 44.2 Å². The van der Waals surface area contributed by atoms with Crippen LogP contribution in [0, 0.1) is 0 Å². The Kier molecular flexibility index (Phi) is 7.00. The lowest BCUT2D eigenvalue weighted by Crippen LogP contribution is -2.22. The Morgan fingerprint density at radius 3 is 2.50 bits per heavy atom. The van der Waals surface area contributed by atoms with Crippen molar-refractivity contribution in [1.82, 2.24) is 0 Å². The minimum atomic E-state index is -4.66. The van der Waals surface area contributed by atoms with Crippen molar-refractivity contribution >= 4 is 17.0 Å². The van der Waals surface area contributed by atoms with E-state index in [0.29, 0.717) is 0 Å². The summed E-state index contributed by atoms with van der Waals surface area (Å²) in [5.41, 5.74) is -0.916. The second-order valence-corrected chi connectivity index (χ2v) is 7.33. The standard InChI is InChI=1S/C18H21F3O4S/c1-12(17(22)25-15-5-3-2-4-6-15)9-13-7-8-14(11-26(23)24)16(10-13)18(19,20)21/h7-8,10,15H,1-6,9,11H2,(H,23,24). The van der Waals surface area contributed by atoms with E-state index in [1.54, 1.807) is 0 Å². The normalized spacial score (nSPS) is 16.9. The summed E-state index contributed by atoms with van der Waals surface area (Å²) in [5, 5.41) is 0. The predicted octanol–water partition coefficient (Wildman–Crippen LogP) is 4.40. The fourth-order valence-electron chi connectivity index (χ4n) is 2.99. The molecule has 1 saturated carbocycles. The van der Waals surface area contributed by atoms with Gasteiger partial charge >= 0.3 is 12.1 Å². The molecule has 8 heteroatoms. The first-order valence-corrected chi connectivity index (χ1v) is 9.59. The van der Waals surface area contributed by atoms with Gasteiger partial charge in [0.2, 0.25) is 0 Å². The van der Waals surface area contributed by atoms with E-state index in [1.165, 1.54) is 6.07 Å². The number of benzene rings is 1. The summed E-state index contributed by atoms with van der Waals surface area (Å²) in [7, 11) is 0. The zero-order valence-corrected chi connectivity index (χ0v) is 15.0. The Balaban J connectivity index is 2.09. The summed E-state index contributed by atoms with van der Waals surface area (Å²) in [6.45, 7) is 3.63. The highest BCUT2D eigenvalue weighted by Crippen LogP contribution is 2.33.